The van der Waals surface area contributed by atoms with Gasteiger partial charge in [0.1, 0.15) is 5.75 Å². The Bertz CT molecular complexity index is 1480. The van der Waals surface area contributed by atoms with Crippen molar-refractivity contribution in [2.45, 2.75) is 44.4 Å². The fourth-order valence-electron chi connectivity index (χ4n) is 7.44. The Morgan fingerprint density at radius 1 is 1.02 bits per heavy atom. The number of fused-ring (bicyclic) bond motifs is 3. The van der Waals surface area contributed by atoms with Crippen LogP contribution in [0.2, 0.25) is 0 Å². The highest BCUT2D eigenvalue weighted by Crippen LogP contribution is 2.51. The minimum absolute atomic E-state index is 0.00847. The lowest BCUT2D eigenvalue weighted by atomic mass is 9.52. The number of nitrogens with two attached hydrogens (primary N) is 1. The van der Waals surface area contributed by atoms with Gasteiger partial charge in [0.25, 0.3) is 0 Å². The van der Waals surface area contributed by atoms with Crippen LogP contribution in [0, 0.1) is 23.7 Å². The number of hydrogen-bond donors (Lipinski definition) is 3. The predicted octanol–water partition coefficient (Wildman–Crippen LogP) is 1.38. The second-order valence-corrected chi connectivity index (χ2v) is 12.2. The number of benzene rings is 2. The summed E-state index contributed by atoms with van der Waals surface area (Å²) < 4.78 is 0. The van der Waals surface area contributed by atoms with Crippen molar-refractivity contribution in [3.63, 3.8) is 0 Å². The van der Waals surface area contributed by atoms with Crippen LogP contribution in [0.15, 0.2) is 36.4 Å². The third kappa shape index (κ3) is 4.49. The molecule has 0 aliphatic heterocycles. The van der Waals surface area contributed by atoms with E-state index in [0.29, 0.717) is 5.56 Å². The zero-order valence-corrected chi connectivity index (χ0v) is 24.3. The molecule has 6 atom stereocenters. The molecule has 2 aromatic carbocycles. The zero-order chi connectivity index (χ0) is 30.7. The van der Waals surface area contributed by atoms with Gasteiger partial charge in [-0.1, -0.05) is 37.3 Å². The first-order chi connectivity index (χ1) is 19.8. The lowest BCUT2D eigenvalue weighted by Gasteiger charge is -2.52. The second kappa shape index (κ2) is 10.8. The molecule has 5 rings (SSSR count). The van der Waals surface area contributed by atoms with Gasteiger partial charge in [-0.2, -0.15) is 0 Å². The van der Waals surface area contributed by atoms with Crippen molar-refractivity contribution in [1.82, 2.24) is 9.80 Å². The number of aliphatic hydroxyl groups is 1. The second-order valence-electron chi connectivity index (χ2n) is 12.2. The highest BCUT2D eigenvalue weighted by molar-refractivity contribution is 6.32. The molecule has 0 bridgehead atoms. The molecule has 4 N–H and O–H groups in total. The molecule has 2 saturated carbocycles. The van der Waals surface area contributed by atoms with E-state index in [1.54, 1.807) is 20.2 Å². The van der Waals surface area contributed by atoms with Crippen LogP contribution in [0.25, 0.3) is 11.1 Å². The number of phenols is 1. The van der Waals surface area contributed by atoms with Crippen LogP contribution in [0.5, 0.6) is 5.75 Å². The molecule has 0 aromatic heterocycles. The van der Waals surface area contributed by atoms with Gasteiger partial charge in [0.2, 0.25) is 5.91 Å². The third-order valence-corrected chi connectivity index (χ3v) is 9.27. The van der Waals surface area contributed by atoms with Gasteiger partial charge >= 0.3 is 0 Å². The topological polar surface area (TPSA) is 158 Å². The Morgan fingerprint density at radius 2 is 1.69 bits per heavy atom. The van der Waals surface area contributed by atoms with Crippen molar-refractivity contribution < 1.29 is 34.2 Å². The Kier molecular flexibility index (Phi) is 7.67. The number of aromatic hydroxyl groups is 1. The summed E-state index contributed by atoms with van der Waals surface area (Å²) in [7, 11) is 5.19. The highest BCUT2D eigenvalue weighted by atomic mass is 16.3. The molecule has 2 fully saturated rings. The molecule has 42 heavy (non-hydrogen) atoms. The van der Waals surface area contributed by atoms with Gasteiger partial charge in [-0.15, -0.1) is 0 Å². The van der Waals surface area contributed by atoms with E-state index in [2.05, 4.69) is 18.9 Å². The van der Waals surface area contributed by atoms with Gasteiger partial charge in [0.05, 0.1) is 17.5 Å². The fourth-order valence-corrected chi connectivity index (χ4v) is 7.44. The first-order valence-corrected chi connectivity index (χ1v) is 14.3. The van der Waals surface area contributed by atoms with E-state index in [9.17, 15) is 34.2 Å². The normalized spacial score (nSPS) is 29.0. The maximum absolute atomic E-state index is 14.0. The van der Waals surface area contributed by atoms with Gasteiger partial charge in [0.15, 0.2) is 34.7 Å². The number of carbonyl (C=O) groups is 5. The summed E-state index contributed by atoms with van der Waals surface area (Å²) in [6, 6.07) is 10.0. The summed E-state index contributed by atoms with van der Waals surface area (Å²) in [5.41, 5.74) is 5.93. The number of ketones is 4. The van der Waals surface area contributed by atoms with Crippen molar-refractivity contribution in [3.05, 3.63) is 53.1 Å². The molecule has 0 saturated heterocycles. The van der Waals surface area contributed by atoms with Crippen LogP contribution in [0.3, 0.4) is 0 Å². The number of Topliss-reactive ketones (excluding diaryl/α,β-unsaturated/α-hetero) is 4. The Labute approximate surface area is 244 Å². The van der Waals surface area contributed by atoms with Crippen molar-refractivity contribution in [3.8, 4) is 16.9 Å². The summed E-state index contributed by atoms with van der Waals surface area (Å²) in [6.07, 6.45) is 1.28. The summed E-state index contributed by atoms with van der Waals surface area (Å²) in [5, 5.41) is 22.5. The quantitative estimate of drug-likeness (QED) is 0.415. The largest absolute Gasteiger partial charge is 0.507 e. The number of primary amides is 1. The van der Waals surface area contributed by atoms with Crippen molar-refractivity contribution in [2.75, 3.05) is 27.7 Å². The van der Waals surface area contributed by atoms with E-state index in [1.807, 2.05) is 24.3 Å². The van der Waals surface area contributed by atoms with E-state index in [4.69, 9.17) is 5.73 Å². The van der Waals surface area contributed by atoms with Gasteiger partial charge < -0.3 is 20.8 Å². The van der Waals surface area contributed by atoms with Crippen LogP contribution in [-0.4, -0.2) is 88.4 Å². The van der Waals surface area contributed by atoms with Crippen LogP contribution in [0.1, 0.15) is 41.3 Å². The number of amides is 1. The van der Waals surface area contributed by atoms with Crippen molar-refractivity contribution >= 4 is 29.0 Å². The van der Waals surface area contributed by atoms with E-state index in [0.717, 1.165) is 36.2 Å². The smallest absolute Gasteiger partial charge is 0.235 e. The number of hydrogen-bond acceptors (Lipinski definition) is 9. The van der Waals surface area contributed by atoms with E-state index >= 15 is 0 Å². The molecule has 10 nitrogen and oxygen atoms in total. The molecule has 1 amide bonds. The lowest BCUT2D eigenvalue weighted by Crippen LogP contribution is -2.74. The number of likely N-dealkylation sites (N-methyl/N-ethyl adjacent to an activating group) is 1. The molecular formula is C32H37N3O7. The molecule has 0 heterocycles. The Hall–Kier alpha value is -3.73. The number of phenolic OH excluding ortho intramolecular Hbond substituents is 1. The van der Waals surface area contributed by atoms with Crippen LogP contribution < -0.4 is 5.73 Å². The fraction of sp³-hybridized carbons (Fsp3) is 0.469. The van der Waals surface area contributed by atoms with Crippen molar-refractivity contribution in [2.24, 2.45) is 29.4 Å². The van der Waals surface area contributed by atoms with Gasteiger partial charge in [0, 0.05) is 12.5 Å². The molecule has 0 spiro atoms. The van der Waals surface area contributed by atoms with Crippen LogP contribution in [0.4, 0.5) is 0 Å². The summed E-state index contributed by atoms with van der Waals surface area (Å²) in [6.45, 7) is 3.89. The summed E-state index contributed by atoms with van der Waals surface area (Å²) in [4.78, 5) is 70.4. The predicted molar refractivity (Wildman–Crippen MR) is 153 cm³/mol. The molecule has 222 valence electrons. The summed E-state index contributed by atoms with van der Waals surface area (Å²) in [5.74, 6) is -10.5. The average molecular weight is 576 g/mol. The van der Waals surface area contributed by atoms with Crippen molar-refractivity contribution in [1.29, 1.82) is 0 Å². The highest BCUT2D eigenvalue weighted by Gasteiger charge is 2.69. The molecule has 6 unspecified atom stereocenters. The number of carbonyl (C=O) groups excluding carboxylic acids is 5. The minimum atomic E-state index is -2.73. The number of nitrogens with zero attached hydrogens (tertiary/aromatic N) is 2. The van der Waals surface area contributed by atoms with E-state index in [1.165, 1.54) is 11.0 Å². The first kappa shape index (κ1) is 29.8. The van der Waals surface area contributed by atoms with E-state index < -0.39 is 64.4 Å². The Morgan fingerprint density at radius 3 is 2.29 bits per heavy atom. The molecular weight excluding hydrogens is 538 g/mol. The molecule has 3 aliphatic rings. The molecule has 2 aromatic rings. The van der Waals surface area contributed by atoms with Gasteiger partial charge in [-0.3, -0.25) is 28.9 Å². The maximum Gasteiger partial charge on any atom is 0.235 e. The van der Waals surface area contributed by atoms with Crippen LogP contribution in [-0.2, 0) is 32.1 Å². The average Bonchev–Trinajstić information content (AvgIpc) is 2.91. The van der Waals surface area contributed by atoms with Crippen LogP contribution >= 0.6 is 0 Å². The molecule has 10 heteroatoms. The third-order valence-electron chi connectivity index (χ3n) is 9.27. The minimum Gasteiger partial charge on any atom is -0.507 e. The standard InChI is InChI=1S/C32H37N3O7/c1-5-12-35(4)15-16-6-8-17(9-7-16)19-10-11-22(36)24-20(19)13-18-14-21-26(34(2)3)28(38)25(31(33)41)30(40)32(21,42)29(39)23(18)27(24)37/h6-11,18,21,23,25-26,36,42H,5,12-15H2,1-4H3,(H2,33,41). The zero-order valence-electron chi connectivity index (χ0n) is 24.3. The lowest BCUT2D eigenvalue weighted by molar-refractivity contribution is -0.181. The number of rotatable bonds is 7. The SMILES string of the molecule is CCCN(C)Cc1ccc(-c2ccc(O)c3c2CC2CC4C(N(C)C)C(=O)C(C(N)=O)C(=O)C4(O)C(=O)C2C3=O)cc1. The van der Waals surface area contributed by atoms with E-state index in [-0.39, 0.29) is 24.2 Å². The van der Waals surface area contributed by atoms with Gasteiger partial charge in [-0.25, -0.2) is 0 Å². The summed E-state index contributed by atoms with van der Waals surface area (Å²) >= 11 is 0. The molecule has 3 aliphatic carbocycles. The Balaban J connectivity index is 1.56. The van der Waals surface area contributed by atoms with Gasteiger partial charge in [-0.05, 0) is 81.2 Å². The monoisotopic (exact) mass is 575 g/mol. The molecule has 0 radical (unpaired) electrons. The first-order valence-electron chi connectivity index (χ1n) is 14.3. The maximum atomic E-state index is 14.0.